The summed E-state index contributed by atoms with van der Waals surface area (Å²) in [6.07, 6.45) is 0. The van der Waals surface area contributed by atoms with Gasteiger partial charge < -0.3 is 14.8 Å². The first kappa shape index (κ1) is 21.0. The molecule has 0 aromatic heterocycles. The molecule has 0 aliphatic rings. The van der Waals surface area contributed by atoms with E-state index in [4.69, 9.17) is 32.7 Å². The molecule has 0 saturated carbocycles. The van der Waals surface area contributed by atoms with Crippen LogP contribution in [0.1, 0.15) is 21.5 Å². The van der Waals surface area contributed by atoms with E-state index in [0.29, 0.717) is 46.9 Å². The molecule has 29 heavy (non-hydrogen) atoms. The standard InChI is InChI=1S/C23H21Cl2NO3/c1-16-6-9-20(14-22(16)25)28-13-12-26-23(27)17-7-10-19(11-8-17)29-15-18-4-2-3-5-21(18)24/h2-11,14H,12-13,15H2,1H3,(H,26,27). The van der Waals surface area contributed by atoms with Crippen LogP contribution < -0.4 is 14.8 Å². The highest BCUT2D eigenvalue weighted by atomic mass is 35.5. The summed E-state index contributed by atoms with van der Waals surface area (Å²) in [5.41, 5.74) is 2.45. The fourth-order valence-electron chi connectivity index (χ4n) is 2.58. The van der Waals surface area contributed by atoms with E-state index in [1.807, 2.05) is 43.3 Å². The van der Waals surface area contributed by atoms with Crippen molar-refractivity contribution in [2.45, 2.75) is 13.5 Å². The highest BCUT2D eigenvalue weighted by molar-refractivity contribution is 6.31. The molecule has 3 aromatic carbocycles. The number of aryl methyl sites for hydroxylation is 1. The van der Waals surface area contributed by atoms with Crippen molar-refractivity contribution in [1.82, 2.24) is 5.32 Å². The molecular weight excluding hydrogens is 409 g/mol. The average Bonchev–Trinajstić information content (AvgIpc) is 2.73. The van der Waals surface area contributed by atoms with Gasteiger partial charge in [0.05, 0.1) is 6.54 Å². The van der Waals surface area contributed by atoms with E-state index in [1.54, 1.807) is 30.3 Å². The summed E-state index contributed by atoms with van der Waals surface area (Å²) in [4.78, 5) is 12.2. The average molecular weight is 430 g/mol. The lowest BCUT2D eigenvalue weighted by Crippen LogP contribution is -2.28. The van der Waals surface area contributed by atoms with Crippen LogP contribution in [0.25, 0.3) is 0 Å². The van der Waals surface area contributed by atoms with Gasteiger partial charge in [-0.3, -0.25) is 4.79 Å². The molecule has 0 aliphatic heterocycles. The molecule has 0 spiro atoms. The lowest BCUT2D eigenvalue weighted by molar-refractivity contribution is 0.0947. The number of amides is 1. The molecule has 0 fully saturated rings. The summed E-state index contributed by atoms with van der Waals surface area (Å²) in [6, 6.07) is 20.0. The zero-order valence-electron chi connectivity index (χ0n) is 16.0. The van der Waals surface area contributed by atoms with Crippen LogP contribution in [-0.4, -0.2) is 19.1 Å². The number of carbonyl (C=O) groups is 1. The summed E-state index contributed by atoms with van der Waals surface area (Å²) >= 11 is 12.2. The van der Waals surface area contributed by atoms with Gasteiger partial charge in [-0.15, -0.1) is 0 Å². The topological polar surface area (TPSA) is 47.6 Å². The fraction of sp³-hybridized carbons (Fsp3) is 0.174. The fourth-order valence-corrected chi connectivity index (χ4v) is 2.94. The molecule has 0 aliphatic carbocycles. The Kier molecular flexibility index (Phi) is 7.39. The minimum Gasteiger partial charge on any atom is -0.492 e. The van der Waals surface area contributed by atoms with Crippen molar-refractivity contribution >= 4 is 29.1 Å². The van der Waals surface area contributed by atoms with Crippen LogP contribution in [0.3, 0.4) is 0 Å². The number of nitrogens with one attached hydrogen (secondary N) is 1. The van der Waals surface area contributed by atoms with E-state index < -0.39 is 0 Å². The Balaban J connectivity index is 1.43. The van der Waals surface area contributed by atoms with E-state index in [9.17, 15) is 4.79 Å². The van der Waals surface area contributed by atoms with Crippen molar-refractivity contribution in [3.05, 3.63) is 93.5 Å². The predicted molar refractivity (Wildman–Crippen MR) is 116 cm³/mol. The summed E-state index contributed by atoms with van der Waals surface area (Å²) < 4.78 is 11.3. The molecule has 3 aromatic rings. The van der Waals surface area contributed by atoms with Crippen LogP contribution in [0.15, 0.2) is 66.7 Å². The second kappa shape index (κ2) is 10.2. The molecule has 4 nitrogen and oxygen atoms in total. The lowest BCUT2D eigenvalue weighted by Gasteiger charge is -2.10. The van der Waals surface area contributed by atoms with Crippen molar-refractivity contribution in [2.24, 2.45) is 0 Å². The molecule has 0 heterocycles. The maximum absolute atomic E-state index is 12.2. The van der Waals surface area contributed by atoms with Gasteiger partial charge >= 0.3 is 0 Å². The third kappa shape index (κ3) is 6.14. The van der Waals surface area contributed by atoms with Crippen molar-refractivity contribution in [2.75, 3.05) is 13.2 Å². The summed E-state index contributed by atoms with van der Waals surface area (Å²) in [5, 5.41) is 4.15. The van der Waals surface area contributed by atoms with Gasteiger partial charge in [-0.1, -0.05) is 47.5 Å². The first-order chi connectivity index (χ1) is 14.0. The zero-order chi connectivity index (χ0) is 20.6. The third-order valence-electron chi connectivity index (χ3n) is 4.27. The van der Waals surface area contributed by atoms with Gasteiger partial charge in [0.1, 0.15) is 24.7 Å². The summed E-state index contributed by atoms with van der Waals surface area (Å²) in [7, 11) is 0. The summed E-state index contributed by atoms with van der Waals surface area (Å²) in [5.74, 6) is 1.17. The molecule has 0 saturated heterocycles. The van der Waals surface area contributed by atoms with E-state index in [2.05, 4.69) is 5.32 Å². The first-order valence-corrected chi connectivity index (χ1v) is 9.92. The maximum Gasteiger partial charge on any atom is 0.251 e. The second-order valence-electron chi connectivity index (χ2n) is 6.42. The Morgan fingerprint density at radius 2 is 1.62 bits per heavy atom. The molecule has 0 bridgehead atoms. The molecule has 0 radical (unpaired) electrons. The van der Waals surface area contributed by atoms with Crippen LogP contribution in [-0.2, 0) is 6.61 Å². The van der Waals surface area contributed by atoms with Gasteiger partial charge in [0.25, 0.3) is 5.91 Å². The third-order valence-corrected chi connectivity index (χ3v) is 5.04. The van der Waals surface area contributed by atoms with Crippen LogP contribution in [0.2, 0.25) is 10.0 Å². The van der Waals surface area contributed by atoms with Gasteiger partial charge in [-0.25, -0.2) is 0 Å². The van der Waals surface area contributed by atoms with Crippen LogP contribution in [0.4, 0.5) is 0 Å². The Morgan fingerprint density at radius 1 is 0.897 bits per heavy atom. The number of hydrogen-bond donors (Lipinski definition) is 1. The number of ether oxygens (including phenoxy) is 2. The Morgan fingerprint density at radius 3 is 2.34 bits per heavy atom. The number of halogens is 2. The quantitative estimate of drug-likeness (QED) is 0.467. The van der Waals surface area contributed by atoms with Gasteiger partial charge in [-0.05, 0) is 55.0 Å². The summed E-state index contributed by atoms with van der Waals surface area (Å²) in [6.45, 7) is 3.03. The Bertz CT molecular complexity index is 974. The number of benzene rings is 3. The largest absolute Gasteiger partial charge is 0.492 e. The Hall–Kier alpha value is -2.69. The van der Waals surface area contributed by atoms with Crippen molar-refractivity contribution in [3.63, 3.8) is 0 Å². The molecule has 1 N–H and O–H groups in total. The maximum atomic E-state index is 12.2. The van der Waals surface area contributed by atoms with Crippen molar-refractivity contribution in [1.29, 1.82) is 0 Å². The number of rotatable bonds is 8. The minimum absolute atomic E-state index is 0.173. The predicted octanol–water partition coefficient (Wildman–Crippen LogP) is 5.69. The molecule has 150 valence electrons. The van der Waals surface area contributed by atoms with Crippen molar-refractivity contribution in [3.8, 4) is 11.5 Å². The van der Waals surface area contributed by atoms with Gasteiger partial charge in [0, 0.05) is 21.2 Å². The zero-order valence-corrected chi connectivity index (χ0v) is 17.5. The van der Waals surface area contributed by atoms with E-state index in [1.165, 1.54) is 0 Å². The Labute approximate surface area is 180 Å². The SMILES string of the molecule is Cc1ccc(OCCNC(=O)c2ccc(OCc3ccccc3Cl)cc2)cc1Cl. The van der Waals surface area contributed by atoms with E-state index in [0.717, 1.165) is 11.1 Å². The highest BCUT2D eigenvalue weighted by Gasteiger charge is 2.06. The smallest absolute Gasteiger partial charge is 0.251 e. The number of carbonyl (C=O) groups excluding carboxylic acids is 1. The molecule has 0 unspecified atom stereocenters. The molecule has 0 atom stereocenters. The molecule has 3 rings (SSSR count). The van der Waals surface area contributed by atoms with E-state index >= 15 is 0 Å². The highest BCUT2D eigenvalue weighted by Crippen LogP contribution is 2.21. The lowest BCUT2D eigenvalue weighted by atomic mass is 10.2. The van der Waals surface area contributed by atoms with Gasteiger partial charge in [0.15, 0.2) is 0 Å². The normalized spacial score (nSPS) is 10.4. The van der Waals surface area contributed by atoms with Gasteiger partial charge in [-0.2, -0.15) is 0 Å². The van der Waals surface area contributed by atoms with Crippen LogP contribution in [0.5, 0.6) is 11.5 Å². The van der Waals surface area contributed by atoms with Crippen LogP contribution >= 0.6 is 23.2 Å². The second-order valence-corrected chi connectivity index (χ2v) is 7.23. The number of hydrogen-bond acceptors (Lipinski definition) is 3. The minimum atomic E-state index is -0.173. The molecular formula is C23H21Cl2NO3. The van der Waals surface area contributed by atoms with Crippen LogP contribution in [0, 0.1) is 6.92 Å². The molecule has 1 amide bonds. The molecule has 6 heteroatoms. The van der Waals surface area contributed by atoms with Gasteiger partial charge in [0.2, 0.25) is 0 Å². The first-order valence-electron chi connectivity index (χ1n) is 9.16. The van der Waals surface area contributed by atoms with Crippen molar-refractivity contribution < 1.29 is 14.3 Å². The monoisotopic (exact) mass is 429 g/mol. The van der Waals surface area contributed by atoms with E-state index in [-0.39, 0.29) is 5.91 Å².